The number of thioether (sulfide) groups is 1. The Bertz CT molecular complexity index is 344. The summed E-state index contributed by atoms with van der Waals surface area (Å²) in [6.45, 7) is 3.01. The van der Waals surface area contributed by atoms with E-state index < -0.39 is 0 Å². The molecular weight excluding hydrogens is 244 g/mol. The van der Waals surface area contributed by atoms with Crippen LogP contribution in [0.15, 0.2) is 6.20 Å². The standard InChI is InChI=1S/C13H24N4S/c1-11-10-16-13(14-2)17-12(11)15-8-6-4-5-7-9-18-3/h10H,4-9H2,1-3H3,(H2,14,15,16,17). The molecule has 2 N–H and O–H groups in total. The molecule has 0 unspecified atom stereocenters. The number of nitrogens with zero attached hydrogens (tertiary/aromatic N) is 2. The minimum Gasteiger partial charge on any atom is -0.370 e. The summed E-state index contributed by atoms with van der Waals surface area (Å²) < 4.78 is 0. The molecule has 0 fully saturated rings. The zero-order chi connectivity index (χ0) is 13.2. The van der Waals surface area contributed by atoms with Crippen molar-refractivity contribution in [3.63, 3.8) is 0 Å². The number of hydrogen-bond acceptors (Lipinski definition) is 5. The molecule has 4 nitrogen and oxygen atoms in total. The Morgan fingerprint density at radius 2 is 2.00 bits per heavy atom. The van der Waals surface area contributed by atoms with Crippen LogP contribution in [-0.4, -0.2) is 35.6 Å². The van der Waals surface area contributed by atoms with Crippen LogP contribution >= 0.6 is 11.8 Å². The molecule has 0 saturated carbocycles. The van der Waals surface area contributed by atoms with Crippen molar-refractivity contribution in [3.05, 3.63) is 11.8 Å². The molecular formula is C13H24N4S. The van der Waals surface area contributed by atoms with E-state index in [4.69, 9.17) is 0 Å². The normalized spacial score (nSPS) is 10.4. The van der Waals surface area contributed by atoms with Crippen LogP contribution in [0.1, 0.15) is 31.2 Å². The van der Waals surface area contributed by atoms with Crippen LogP contribution in [0.25, 0.3) is 0 Å². The van der Waals surface area contributed by atoms with Gasteiger partial charge in [0.25, 0.3) is 0 Å². The molecule has 102 valence electrons. The lowest BCUT2D eigenvalue weighted by atomic mass is 10.2. The maximum atomic E-state index is 4.40. The van der Waals surface area contributed by atoms with Crippen LogP contribution in [0.2, 0.25) is 0 Å². The summed E-state index contributed by atoms with van der Waals surface area (Å²) in [5.41, 5.74) is 1.09. The maximum absolute atomic E-state index is 4.40. The van der Waals surface area contributed by atoms with Gasteiger partial charge in [0.2, 0.25) is 5.95 Å². The molecule has 0 aromatic carbocycles. The van der Waals surface area contributed by atoms with E-state index in [-0.39, 0.29) is 0 Å². The molecule has 0 spiro atoms. The van der Waals surface area contributed by atoms with Crippen LogP contribution in [0.4, 0.5) is 11.8 Å². The number of aromatic nitrogens is 2. The molecule has 5 heteroatoms. The molecule has 1 aromatic heterocycles. The second kappa shape index (κ2) is 9.03. The number of rotatable bonds is 9. The van der Waals surface area contributed by atoms with Crippen molar-refractivity contribution in [2.45, 2.75) is 32.6 Å². The monoisotopic (exact) mass is 268 g/mol. The molecule has 0 atom stereocenters. The first-order chi connectivity index (χ1) is 8.77. The summed E-state index contributed by atoms with van der Waals surface area (Å²) in [6, 6.07) is 0. The fraction of sp³-hybridized carbons (Fsp3) is 0.692. The van der Waals surface area contributed by atoms with Gasteiger partial charge in [-0.15, -0.1) is 0 Å². The van der Waals surface area contributed by atoms with Gasteiger partial charge in [-0.1, -0.05) is 12.8 Å². The highest BCUT2D eigenvalue weighted by Gasteiger charge is 2.01. The molecule has 0 saturated heterocycles. The highest BCUT2D eigenvalue weighted by atomic mass is 32.2. The predicted octanol–water partition coefficient (Wildman–Crippen LogP) is 3.16. The van der Waals surface area contributed by atoms with Gasteiger partial charge in [0.15, 0.2) is 0 Å². The molecule has 0 aliphatic carbocycles. The first kappa shape index (κ1) is 15.1. The van der Waals surface area contributed by atoms with Gasteiger partial charge in [-0.25, -0.2) is 4.98 Å². The van der Waals surface area contributed by atoms with Crippen molar-refractivity contribution in [1.82, 2.24) is 9.97 Å². The highest BCUT2D eigenvalue weighted by Crippen LogP contribution is 2.12. The molecule has 0 bridgehead atoms. The van der Waals surface area contributed by atoms with Gasteiger partial charge in [-0.2, -0.15) is 16.7 Å². The Hall–Kier alpha value is -0.970. The summed E-state index contributed by atoms with van der Waals surface area (Å²) in [7, 11) is 1.83. The molecule has 1 aromatic rings. The third kappa shape index (κ3) is 5.58. The number of hydrogen-bond donors (Lipinski definition) is 2. The van der Waals surface area contributed by atoms with Gasteiger partial charge < -0.3 is 10.6 Å². The van der Waals surface area contributed by atoms with Crippen molar-refractivity contribution in [2.75, 3.05) is 36.2 Å². The lowest BCUT2D eigenvalue weighted by Crippen LogP contribution is -2.07. The molecule has 0 aliphatic heterocycles. The van der Waals surface area contributed by atoms with Crippen LogP contribution in [0, 0.1) is 6.92 Å². The minimum atomic E-state index is 0.670. The molecule has 18 heavy (non-hydrogen) atoms. The minimum absolute atomic E-state index is 0.670. The first-order valence-corrected chi connectivity index (χ1v) is 7.91. The summed E-state index contributed by atoms with van der Waals surface area (Å²) in [4.78, 5) is 8.57. The predicted molar refractivity (Wildman–Crippen MR) is 81.7 cm³/mol. The Labute approximate surface area is 114 Å². The van der Waals surface area contributed by atoms with Crippen LogP contribution in [0.5, 0.6) is 0 Å². The second-order valence-electron chi connectivity index (χ2n) is 4.31. The number of nitrogens with one attached hydrogen (secondary N) is 2. The average molecular weight is 268 g/mol. The van der Waals surface area contributed by atoms with Gasteiger partial charge in [0.05, 0.1) is 0 Å². The van der Waals surface area contributed by atoms with E-state index in [1.807, 2.05) is 31.9 Å². The van der Waals surface area contributed by atoms with E-state index in [2.05, 4.69) is 26.9 Å². The first-order valence-electron chi connectivity index (χ1n) is 6.52. The number of anilines is 2. The van der Waals surface area contributed by atoms with Gasteiger partial charge in [-0.3, -0.25) is 0 Å². The molecule has 0 aliphatic rings. The Morgan fingerprint density at radius 3 is 2.72 bits per heavy atom. The van der Waals surface area contributed by atoms with E-state index in [0.29, 0.717) is 5.95 Å². The Morgan fingerprint density at radius 1 is 1.22 bits per heavy atom. The lowest BCUT2D eigenvalue weighted by molar-refractivity contribution is 0.688. The lowest BCUT2D eigenvalue weighted by Gasteiger charge is -2.09. The van der Waals surface area contributed by atoms with E-state index in [1.165, 1.54) is 31.4 Å². The van der Waals surface area contributed by atoms with Crippen molar-refractivity contribution in [3.8, 4) is 0 Å². The molecule has 1 rings (SSSR count). The molecule has 1 heterocycles. The van der Waals surface area contributed by atoms with Crippen molar-refractivity contribution in [2.24, 2.45) is 0 Å². The van der Waals surface area contributed by atoms with E-state index in [0.717, 1.165) is 17.9 Å². The molecule has 0 radical (unpaired) electrons. The Kier molecular flexibility index (Phi) is 7.57. The van der Waals surface area contributed by atoms with Gasteiger partial charge in [0, 0.05) is 25.4 Å². The largest absolute Gasteiger partial charge is 0.370 e. The van der Waals surface area contributed by atoms with Crippen molar-refractivity contribution < 1.29 is 0 Å². The fourth-order valence-corrected chi connectivity index (χ4v) is 2.17. The number of aryl methyl sites for hydroxylation is 1. The van der Waals surface area contributed by atoms with E-state index >= 15 is 0 Å². The summed E-state index contributed by atoms with van der Waals surface area (Å²) in [5.74, 6) is 2.89. The van der Waals surface area contributed by atoms with Crippen molar-refractivity contribution in [1.29, 1.82) is 0 Å². The average Bonchev–Trinajstić information content (AvgIpc) is 2.39. The maximum Gasteiger partial charge on any atom is 0.224 e. The topological polar surface area (TPSA) is 49.8 Å². The summed E-state index contributed by atoms with van der Waals surface area (Å²) in [6.07, 6.45) is 9.16. The van der Waals surface area contributed by atoms with Crippen LogP contribution in [-0.2, 0) is 0 Å². The summed E-state index contributed by atoms with van der Waals surface area (Å²) in [5, 5.41) is 6.34. The highest BCUT2D eigenvalue weighted by molar-refractivity contribution is 7.98. The SMILES string of the molecule is CNc1ncc(C)c(NCCCCCCSC)n1. The zero-order valence-electron chi connectivity index (χ0n) is 11.6. The smallest absolute Gasteiger partial charge is 0.224 e. The van der Waals surface area contributed by atoms with Gasteiger partial charge in [-0.05, 0) is 31.8 Å². The second-order valence-corrected chi connectivity index (χ2v) is 5.29. The van der Waals surface area contributed by atoms with E-state index in [9.17, 15) is 0 Å². The Balaban J connectivity index is 2.22. The number of unbranched alkanes of at least 4 members (excludes halogenated alkanes) is 3. The van der Waals surface area contributed by atoms with Crippen LogP contribution in [0.3, 0.4) is 0 Å². The zero-order valence-corrected chi connectivity index (χ0v) is 12.4. The van der Waals surface area contributed by atoms with Gasteiger partial charge in [0.1, 0.15) is 5.82 Å². The summed E-state index contributed by atoms with van der Waals surface area (Å²) >= 11 is 1.93. The van der Waals surface area contributed by atoms with E-state index in [1.54, 1.807) is 0 Å². The third-order valence-corrected chi connectivity index (χ3v) is 3.46. The fourth-order valence-electron chi connectivity index (χ4n) is 1.67. The van der Waals surface area contributed by atoms with Gasteiger partial charge >= 0.3 is 0 Å². The van der Waals surface area contributed by atoms with Crippen LogP contribution < -0.4 is 10.6 Å². The third-order valence-electron chi connectivity index (χ3n) is 2.76. The quantitative estimate of drug-likeness (QED) is 0.674. The van der Waals surface area contributed by atoms with Crippen molar-refractivity contribution >= 4 is 23.5 Å². The molecule has 0 amide bonds.